The lowest BCUT2D eigenvalue weighted by Crippen LogP contribution is -2.57. The molecule has 1 aliphatic heterocycles. The Kier molecular flexibility index (Phi) is 5.38. The summed E-state index contributed by atoms with van der Waals surface area (Å²) in [4.78, 5) is 17.4. The fourth-order valence-electron chi connectivity index (χ4n) is 3.37. The van der Waals surface area contributed by atoms with Crippen LogP contribution < -0.4 is 4.74 Å². The van der Waals surface area contributed by atoms with Crippen LogP contribution in [-0.2, 0) is 4.79 Å². The van der Waals surface area contributed by atoms with Crippen molar-refractivity contribution in [3.8, 4) is 11.4 Å². The summed E-state index contributed by atoms with van der Waals surface area (Å²) in [5.74, 6) is -0.527. The van der Waals surface area contributed by atoms with Gasteiger partial charge in [0.15, 0.2) is 0 Å². The molecular formula is C19H22F3N3O3. The summed E-state index contributed by atoms with van der Waals surface area (Å²) in [6.45, 7) is 0.785. The molecule has 28 heavy (non-hydrogen) atoms. The number of hydrogen-bond donors (Lipinski definition) is 1. The van der Waals surface area contributed by atoms with Gasteiger partial charge in [0.1, 0.15) is 5.75 Å². The second kappa shape index (κ2) is 7.46. The summed E-state index contributed by atoms with van der Waals surface area (Å²) in [7, 11) is 1.59. The van der Waals surface area contributed by atoms with Gasteiger partial charge in [-0.05, 0) is 44.0 Å². The number of piperidine rings is 1. The number of halogens is 3. The van der Waals surface area contributed by atoms with Crippen molar-refractivity contribution in [2.24, 2.45) is 0 Å². The molecule has 0 spiro atoms. The van der Waals surface area contributed by atoms with Crippen molar-refractivity contribution in [2.45, 2.75) is 37.5 Å². The molecule has 1 aromatic carbocycles. The van der Waals surface area contributed by atoms with Gasteiger partial charge in [0.2, 0.25) is 5.60 Å². The number of ether oxygens (including phenoxy) is 1. The first-order chi connectivity index (χ1) is 13.1. The lowest BCUT2D eigenvalue weighted by molar-refractivity contribution is -0.250. The van der Waals surface area contributed by atoms with E-state index < -0.39 is 17.7 Å². The smallest absolute Gasteiger partial charge is 0.426 e. The van der Waals surface area contributed by atoms with Gasteiger partial charge in [-0.1, -0.05) is 0 Å². The Morgan fingerprint density at radius 3 is 2.36 bits per heavy atom. The van der Waals surface area contributed by atoms with Crippen LogP contribution >= 0.6 is 0 Å². The van der Waals surface area contributed by atoms with E-state index in [9.17, 15) is 23.1 Å². The number of likely N-dealkylation sites (tertiary alicyclic amines) is 1. The Hall–Kier alpha value is -2.55. The molecule has 0 radical (unpaired) electrons. The standard InChI is InChI=1S/C19H22F3N3O3/c1-18(27,19(20,21)22)17(26)24-9-7-13(8-10-24)16-11-23-12-25(16)14-3-5-15(28-2)6-4-14/h3-6,11-13,27H,7-10H2,1-2H3. The van der Waals surface area contributed by atoms with E-state index in [-0.39, 0.29) is 19.0 Å². The molecule has 1 atom stereocenters. The van der Waals surface area contributed by atoms with Crippen LogP contribution in [0.4, 0.5) is 13.2 Å². The number of alkyl halides is 3. The number of hydrogen-bond acceptors (Lipinski definition) is 4. The van der Waals surface area contributed by atoms with Crippen molar-refractivity contribution < 1.29 is 27.8 Å². The van der Waals surface area contributed by atoms with E-state index in [1.807, 2.05) is 28.8 Å². The highest BCUT2D eigenvalue weighted by Crippen LogP contribution is 2.35. The van der Waals surface area contributed by atoms with Crippen molar-refractivity contribution >= 4 is 5.91 Å². The highest BCUT2D eigenvalue weighted by molar-refractivity contribution is 5.85. The molecular weight excluding hydrogens is 375 g/mol. The number of amides is 1. The molecule has 2 heterocycles. The summed E-state index contributed by atoms with van der Waals surface area (Å²) in [6.07, 6.45) is -0.613. The van der Waals surface area contributed by atoms with E-state index in [1.54, 1.807) is 19.6 Å². The van der Waals surface area contributed by atoms with Gasteiger partial charge in [-0.2, -0.15) is 13.2 Å². The van der Waals surface area contributed by atoms with Crippen molar-refractivity contribution in [1.82, 2.24) is 14.5 Å². The van der Waals surface area contributed by atoms with Gasteiger partial charge in [-0.3, -0.25) is 4.79 Å². The second-order valence-corrected chi connectivity index (χ2v) is 7.02. The molecule has 0 saturated carbocycles. The maximum absolute atomic E-state index is 12.9. The van der Waals surface area contributed by atoms with Gasteiger partial charge >= 0.3 is 6.18 Å². The molecule has 0 bridgehead atoms. The normalized spacial score (nSPS) is 18.0. The van der Waals surface area contributed by atoms with Crippen molar-refractivity contribution in [3.63, 3.8) is 0 Å². The summed E-state index contributed by atoms with van der Waals surface area (Å²) in [5.41, 5.74) is -1.54. The fraction of sp³-hybridized carbons (Fsp3) is 0.474. The molecule has 1 unspecified atom stereocenters. The van der Waals surface area contributed by atoms with Crippen LogP contribution in [-0.4, -0.2) is 57.4 Å². The average molecular weight is 397 g/mol. The Morgan fingerprint density at radius 1 is 1.21 bits per heavy atom. The van der Waals surface area contributed by atoms with Gasteiger partial charge in [0, 0.05) is 36.6 Å². The molecule has 0 aliphatic carbocycles. The van der Waals surface area contributed by atoms with Gasteiger partial charge < -0.3 is 19.3 Å². The largest absolute Gasteiger partial charge is 0.497 e. The maximum Gasteiger partial charge on any atom is 0.426 e. The molecule has 152 valence electrons. The Morgan fingerprint density at radius 2 is 1.82 bits per heavy atom. The number of carbonyl (C=O) groups is 1. The molecule has 1 N–H and O–H groups in total. The topological polar surface area (TPSA) is 67.6 Å². The van der Waals surface area contributed by atoms with E-state index in [0.717, 1.165) is 22.0 Å². The number of rotatable bonds is 4. The lowest BCUT2D eigenvalue weighted by atomic mass is 9.92. The van der Waals surface area contributed by atoms with Crippen LogP contribution in [0, 0.1) is 0 Å². The number of nitrogens with zero attached hydrogens (tertiary/aromatic N) is 3. The van der Waals surface area contributed by atoms with Crippen LogP contribution in [0.2, 0.25) is 0 Å². The molecule has 1 aliphatic rings. The molecule has 3 rings (SSSR count). The zero-order valence-electron chi connectivity index (χ0n) is 15.6. The molecule has 9 heteroatoms. The molecule has 1 amide bonds. The van der Waals surface area contributed by atoms with Crippen LogP contribution in [0.1, 0.15) is 31.4 Å². The van der Waals surface area contributed by atoms with Crippen LogP contribution in [0.3, 0.4) is 0 Å². The number of carbonyl (C=O) groups excluding carboxylic acids is 1. The average Bonchev–Trinajstić information content (AvgIpc) is 3.16. The van der Waals surface area contributed by atoms with E-state index in [0.29, 0.717) is 19.8 Å². The summed E-state index contributed by atoms with van der Waals surface area (Å²) in [5, 5.41) is 9.62. The number of benzene rings is 1. The third-order valence-electron chi connectivity index (χ3n) is 5.19. The van der Waals surface area contributed by atoms with Crippen LogP contribution in [0.5, 0.6) is 5.75 Å². The number of aliphatic hydroxyl groups is 1. The molecule has 1 aromatic heterocycles. The van der Waals surface area contributed by atoms with Crippen molar-refractivity contribution in [1.29, 1.82) is 0 Å². The quantitative estimate of drug-likeness (QED) is 0.862. The minimum absolute atomic E-state index is 0.0458. The van der Waals surface area contributed by atoms with Crippen LogP contribution in [0.15, 0.2) is 36.8 Å². The van der Waals surface area contributed by atoms with E-state index in [1.165, 1.54) is 0 Å². The van der Waals surface area contributed by atoms with Crippen molar-refractivity contribution in [3.05, 3.63) is 42.5 Å². The second-order valence-electron chi connectivity index (χ2n) is 7.02. The lowest BCUT2D eigenvalue weighted by Gasteiger charge is -2.36. The van der Waals surface area contributed by atoms with Gasteiger partial charge in [-0.15, -0.1) is 0 Å². The minimum Gasteiger partial charge on any atom is -0.497 e. The van der Waals surface area contributed by atoms with Crippen LogP contribution in [0.25, 0.3) is 5.69 Å². The SMILES string of the molecule is COc1ccc(-n2cncc2C2CCN(C(=O)C(C)(O)C(F)(F)F)CC2)cc1. The summed E-state index contributed by atoms with van der Waals surface area (Å²) in [6, 6.07) is 7.45. The first-order valence-electron chi connectivity index (χ1n) is 8.90. The highest BCUT2D eigenvalue weighted by Gasteiger charge is 2.57. The molecule has 2 aromatic rings. The molecule has 6 nitrogen and oxygen atoms in total. The number of aromatic nitrogens is 2. The first-order valence-corrected chi connectivity index (χ1v) is 8.90. The maximum atomic E-state index is 12.9. The Labute approximate surface area is 160 Å². The predicted octanol–water partition coefficient (Wildman–Crippen LogP) is 2.90. The third kappa shape index (κ3) is 3.71. The Bertz CT molecular complexity index is 823. The zero-order valence-corrected chi connectivity index (χ0v) is 15.6. The highest BCUT2D eigenvalue weighted by atomic mass is 19.4. The summed E-state index contributed by atoms with van der Waals surface area (Å²) >= 11 is 0. The third-order valence-corrected chi connectivity index (χ3v) is 5.19. The van der Waals surface area contributed by atoms with E-state index >= 15 is 0 Å². The number of imidazole rings is 1. The van der Waals surface area contributed by atoms with E-state index in [4.69, 9.17) is 4.74 Å². The molecule has 1 saturated heterocycles. The predicted molar refractivity (Wildman–Crippen MR) is 95.3 cm³/mol. The van der Waals surface area contributed by atoms with Crippen molar-refractivity contribution in [2.75, 3.05) is 20.2 Å². The first kappa shape index (κ1) is 20.2. The Balaban J connectivity index is 1.71. The minimum atomic E-state index is -5.01. The summed E-state index contributed by atoms with van der Waals surface area (Å²) < 4.78 is 45.8. The number of methoxy groups -OCH3 is 1. The molecule has 1 fully saturated rings. The van der Waals surface area contributed by atoms with Gasteiger partial charge in [0.05, 0.1) is 13.4 Å². The fourth-order valence-corrected chi connectivity index (χ4v) is 3.37. The zero-order chi connectivity index (χ0) is 20.5. The monoisotopic (exact) mass is 397 g/mol. The van der Waals surface area contributed by atoms with E-state index in [2.05, 4.69) is 4.98 Å². The van der Waals surface area contributed by atoms with Gasteiger partial charge in [-0.25, -0.2) is 4.98 Å². The van der Waals surface area contributed by atoms with Gasteiger partial charge in [0.25, 0.3) is 5.91 Å².